The number of rotatable bonds is 5. The molecule has 0 radical (unpaired) electrons. The van der Waals surface area contributed by atoms with Crippen LogP contribution in [0.5, 0.6) is 0 Å². The maximum Gasteiger partial charge on any atom is 0.0470 e. The highest BCUT2D eigenvalue weighted by Crippen LogP contribution is 2.25. The van der Waals surface area contributed by atoms with Crippen molar-refractivity contribution in [2.24, 2.45) is 5.73 Å². The summed E-state index contributed by atoms with van der Waals surface area (Å²) in [7, 11) is 4.45. The van der Waals surface area contributed by atoms with Crippen LogP contribution >= 0.6 is 0 Å². The Hall–Kier alpha value is -0.900. The molecule has 1 aliphatic heterocycles. The molecule has 112 valence electrons. The second-order valence-electron chi connectivity index (χ2n) is 6.05. The summed E-state index contributed by atoms with van der Waals surface area (Å²) in [5.74, 6) is 0. The highest BCUT2D eigenvalue weighted by molar-refractivity contribution is 5.25. The van der Waals surface area contributed by atoms with Crippen molar-refractivity contribution in [2.45, 2.75) is 38.3 Å². The standard InChI is InChI=1S/C17H29N3/c1-4-14-5-7-15(8-6-14)17(13-18)20(3)16-9-11-19(2)12-10-16/h5-8,16-17H,4,9-13,18H2,1-3H3. The van der Waals surface area contributed by atoms with Crippen LogP contribution in [0.3, 0.4) is 0 Å². The zero-order chi connectivity index (χ0) is 14.5. The number of piperidine rings is 1. The third kappa shape index (κ3) is 3.60. The highest BCUT2D eigenvalue weighted by atomic mass is 15.2. The van der Waals surface area contributed by atoms with Gasteiger partial charge in [0.2, 0.25) is 0 Å². The largest absolute Gasteiger partial charge is 0.329 e. The molecule has 2 N–H and O–H groups in total. The van der Waals surface area contributed by atoms with E-state index in [4.69, 9.17) is 5.73 Å². The Labute approximate surface area is 123 Å². The Morgan fingerprint density at radius 1 is 1.25 bits per heavy atom. The lowest BCUT2D eigenvalue weighted by Gasteiger charge is -2.39. The van der Waals surface area contributed by atoms with Gasteiger partial charge in [-0.25, -0.2) is 0 Å². The number of likely N-dealkylation sites (tertiary alicyclic amines) is 1. The van der Waals surface area contributed by atoms with Crippen LogP contribution in [0, 0.1) is 0 Å². The molecular weight excluding hydrogens is 246 g/mol. The molecule has 1 aromatic rings. The molecular formula is C17H29N3. The Morgan fingerprint density at radius 2 is 1.85 bits per heavy atom. The van der Waals surface area contributed by atoms with E-state index in [0.29, 0.717) is 18.6 Å². The minimum Gasteiger partial charge on any atom is -0.329 e. The summed E-state index contributed by atoms with van der Waals surface area (Å²) < 4.78 is 0. The number of aryl methyl sites for hydroxylation is 1. The Bertz CT molecular complexity index is 393. The van der Waals surface area contributed by atoms with Gasteiger partial charge in [0.25, 0.3) is 0 Å². The molecule has 0 aliphatic carbocycles. The van der Waals surface area contributed by atoms with E-state index in [2.05, 4.69) is 55.1 Å². The van der Waals surface area contributed by atoms with Crippen LogP contribution in [0.2, 0.25) is 0 Å². The predicted octanol–water partition coefficient (Wildman–Crippen LogP) is 2.27. The van der Waals surface area contributed by atoms with Crippen LogP contribution in [0.15, 0.2) is 24.3 Å². The number of hydrogen-bond donors (Lipinski definition) is 1. The number of hydrogen-bond acceptors (Lipinski definition) is 3. The number of nitrogens with two attached hydrogens (primary N) is 1. The summed E-state index contributed by atoms with van der Waals surface area (Å²) in [5.41, 5.74) is 8.81. The molecule has 1 heterocycles. The Balaban J connectivity index is 2.06. The quantitative estimate of drug-likeness (QED) is 0.895. The fraction of sp³-hybridized carbons (Fsp3) is 0.647. The first-order valence-corrected chi connectivity index (χ1v) is 7.85. The van der Waals surface area contributed by atoms with Crippen LogP contribution in [-0.4, -0.2) is 49.6 Å². The van der Waals surface area contributed by atoms with Crippen molar-refractivity contribution < 1.29 is 0 Å². The number of nitrogens with zero attached hydrogens (tertiary/aromatic N) is 2. The Kier molecular flexibility index (Phi) is 5.58. The van der Waals surface area contributed by atoms with Crippen LogP contribution in [-0.2, 0) is 6.42 Å². The molecule has 1 aromatic carbocycles. The van der Waals surface area contributed by atoms with E-state index in [1.807, 2.05) is 0 Å². The van der Waals surface area contributed by atoms with Gasteiger partial charge in [0, 0.05) is 18.6 Å². The van der Waals surface area contributed by atoms with Crippen LogP contribution in [0.4, 0.5) is 0 Å². The summed E-state index contributed by atoms with van der Waals surface area (Å²) in [5, 5.41) is 0. The molecule has 3 nitrogen and oxygen atoms in total. The Morgan fingerprint density at radius 3 is 2.35 bits per heavy atom. The van der Waals surface area contributed by atoms with Gasteiger partial charge in [-0.1, -0.05) is 31.2 Å². The molecule has 1 atom stereocenters. The summed E-state index contributed by atoms with van der Waals surface area (Å²) in [6.07, 6.45) is 3.59. The van der Waals surface area contributed by atoms with Crippen LogP contribution < -0.4 is 5.73 Å². The molecule has 0 bridgehead atoms. The van der Waals surface area contributed by atoms with Gasteiger partial charge in [0.1, 0.15) is 0 Å². The minimum atomic E-state index is 0.342. The van der Waals surface area contributed by atoms with Gasteiger partial charge in [0.15, 0.2) is 0 Å². The van der Waals surface area contributed by atoms with E-state index in [-0.39, 0.29) is 0 Å². The molecule has 2 rings (SSSR count). The summed E-state index contributed by atoms with van der Waals surface area (Å²) in [4.78, 5) is 4.91. The van der Waals surface area contributed by atoms with Crippen molar-refractivity contribution in [3.63, 3.8) is 0 Å². The predicted molar refractivity (Wildman–Crippen MR) is 85.9 cm³/mol. The second-order valence-corrected chi connectivity index (χ2v) is 6.05. The molecule has 1 aliphatic rings. The van der Waals surface area contributed by atoms with Crippen molar-refractivity contribution in [1.82, 2.24) is 9.80 Å². The second kappa shape index (κ2) is 7.21. The van der Waals surface area contributed by atoms with E-state index in [9.17, 15) is 0 Å². The molecule has 0 aromatic heterocycles. The van der Waals surface area contributed by atoms with Gasteiger partial charge < -0.3 is 10.6 Å². The molecule has 1 saturated heterocycles. The molecule has 1 fully saturated rings. The average molecular weight is 275 g/mol. The highest BCUT2D eigenvalue weighted by Gasteiger charge is 2.26. The van der Waals surface area contributed by atoms with Gasteiger partial charge >= 0.3 is 0 Å². The van der Waals surface area contributed by atoms with Crippen LogP contribution in [0.25, 0.3) is 0 Å². The third-order valence-corrected chi connectivity index (χ3v) is 4.75. The van der Waals surface area contributed by atoms with Gasteiger partial charge in [-0.2, -0.15) is 0 Å². The topological polar surface area (TPSA) is 32.5 Å². The lowest BCUT2D eigenvalue weighted by molar-refractivity contribution is 0.109. The average Bonchev–Trinajstić information content (AvgIpc) is 2.49. The number of benzene rings is 1. The lowest BCUT2D eigenvalue weighted by atomic mass is 9.98. The summed E-state index contributed by atoms with van der Waals surface area (Å²) in [6.45, 7) is 5.27. The van der Waals surface area contributed by atoms with Crippen molar-refractivity contribution in [3.8, 4) is 0 Å². The first kappa shape index (κ1) is 15.5. The van der Waals surface area contributed by atoms with E-state index in [0.717, 1.165) is 6.42 Å². The zero-order valence-corrected chi connectivity index (χ0v) is 13.2. The van der Waals surface area contributed by atoms with E-state index < -0.39 is 0 Å². The minimum absolute atomic E-state index is 0.342. The van der Waals surface area contributed by atoms with Crippen molar-refractivity contribution in [3.05, 3.63) is 35.4 Å². The van der Waals surface area contributed by atoms with Gasteiger partial charge in [-0.3, -0.25) is 4.90 Å². The smallest absolute Gasteiger partial charge is 0.0470 e. The summed E-state index contributed by atoms with van der Waals surface area (Å²) in [6, 6.07) is 9.98. The fourth-order valence-electron chi connectivity index (χ4n) is 3.17. The fourth-order valence-corrected chi connectivity index (χ4v) is 3.17. The molecule has 1 unspecified atom stereocenters. The maximum atomic E-state index is 6.06. The van der Waals surface area contributed by atoms with Crippen molar-refractivity contribution >= 4 is 0 Å². The molecule has 0 spiro atoms. The van der Waals surface area contributed by atoms with E-state index in [1.54, 1.807) is 0 Å². The van der Waals surface area contributed by atoms with Gasteiger partial charge in [0.05, 0.1) is 0 Å². The maximum absolute atomic E-state index is 6.06. The monoisotopic (exact) mass is 275 g/mol. The van der Waals surface area contributed by atoms with Crippen molar-refractivity contribution in [1.29, 1.82) is 0 Å². The lowest BCUT2D eigenvalue weighted by Crippen LogP contribution is -2.45. The molecule has 3 heteroatoms. The number of likely N-dealkylation sites (N-methyl/N-ethyl adjacent to an activating group) is 1. The van der Waals surface area contributed by atoms with E-state index in [1.165, 1.54) is 37.1 Å². The first-order chi connectivity index (χ1) is 9.65. The first-order valence-electron chi connectivity index (χ1n) is 7.85. The SMILES string of the molecule is CCc1ccc(C(CN)N(C)C2CCN(C)CC2)cc1. The van der Waals surface area contributed by atoms with Crippen LogP contribution in [0.1, 0.15) is 36.9 Å². The summed E-state index contributed by atoms with van der Waals surface area (Å²) >= 11 is 0. The van der Waals surface area contributed by atoms with E-state index >= 15 is 0 Å². The normalized spacial score (nSPS) is 19.4. The third-order valence-electron chi connectivity index (χ3n) is 4.75. The molecule has 20 heavy (non-hydrogen) atoms. The zero-order valence-electron chi connectivity index (χ0n) is 13.2. The van der Waals surface area contributed by atoms with Gasteiger partial charge in [-0.15, -0.1) is 0 Å². The molecule has 0 amide bonds. The van der Waals surface area contributed by atoms with Crippen molar-refractivity contribution in [2.75, 3.05) is 33.7 Å². The molecule has 0 saturated carbocycles. The van der Waals surface area contributed by atoms with Gasteiger partial charge in [-0.05, 0) is 57.6 Å².